The molecule has 0 atom stereocenters. The lowest BCUT2D eigenvalue weighted by Crippen LogP contribution is -2.41. The van der Waals surface area contributed by atoms with Gasteiger partial charge in [-0.3, -0.25) is 4.79 Å². The minimum Gasteiger partial charge on any atom is -0.399 e. The van der Waals surface area contributed by atoms with Gasteiger partial charge in [-0.1, -0.05) is 19.9 Å². The van der Waals surface area contributed by atoms with Crippen LogP contribution >= 0.6 is 0 Å². The molecule has 0 unspecified atom stereocenters. The lowest BCUT2D eigenvalue weighted by molar-refractivity contribution is 0.00578. The Morgan fingerprint density at radius 2 is 1.62 bits per heavy atom. The van der Waals surface area contributed by atoms with E-state index < -0.39 is 35.9 Å². The largest absolute Gasteiger partial charge is 0.495 e. The van der Waals surface area contributed by atoms with Gasteiger partial charge in [-0.2, -0.15) is 0 Å². The third-order valence-electron chi connectivity index (χ3n) is 7.08. The van der Waals surface area contributed by atoms with E-state index in [9.17, 15) is 9.18 Å². The molecule has 1 amide bonds. The van der Waals surface area contributed by atoms with E-state index in [0.29, 0.717) is 23.0 Å². The molecule has 1 aliphatic heterocycles. The maximum absolute atomic E-state index is 15.2. The molecule has 1 fully saturated rings. The Hall–Kier alpha value is -2.25. The number of hydrogen-bond donors (Lipinski definition) is 1. The predicted octanol–water partition coefficient (Wildman–Crippen LogP) is 4.95. The van der Waals surface area contributed by atoms with Gasteiger partial charge in [0.15, 0.2) is 0 Å². The fourth-order valence-electron chi connectivity index (χ4n) is 4.48. The first-order valence-electron chi connectivity index (χ1n) is 11.0. The monoisotopic (exact) mass is 441 g/mol. The number of amides is 1. The number of fused-ring (bicyclic) bond motifs is 1. The van der Waals surface area contributed by atoms with Gasteiger partial charge in [0, 0.05) is 5.69 Å². The number of carbonyl (C=O) groups is 1. The molecule has 0 aromatic heterocycles. The molecule has 2 aromatic rings. The maximum Gasteiger partial charge on any atom is 0.495 e. The summed E-state index contributed by atoms with van der Waals surface area (Å²) in [5.41, 5.74) is 1.67. The van der Waals surface area contributed by atoms with Crippen molar-refractivity contribution in [3.8, 4) is 0 Å². The van der Waals surface area contributed by atoms with Crippen LogP contribution in [0.1, 0.15) is 68.6 Å². The third-order valence-corrected chi connectivity index (χ3v) is 7.08. The summed E-state index contributed by atoms with van der Waals surface area (Å²) in [5, 5.41) is 2.70. The minimum atomic E-state index is -0.773. The highest BCUT2D eigenvalue weighted by Gasteiger charge is 2.52. The first-order valence-corrected chi connectivity index (χ1v) is 11.0. The van der Waals surface area contributed by atoms with Gasteiger partial charge in [-0.05, 0) is 93.2 Å². The van der Waals surface area contributed by atoms with Crippen molar-refractivity contribution in [2.75, 3.05) is 5.32 Å². The number of hydrogen-bond acceptors (Lipinski definition) is 3. The zero-order chi connectivity index (χ0) is 23.6. The second-order valence-electron chi connectivity index (χ2n) is 10.8. The number of anilines is 1. The molecule has 0 radical (unpaired) electrons. The number of benzene rings is 2. The second kappa shape index (κ2) is 7.39. The topological polar surface area (TPSA) is 47.6 Å². The van der Waals surface area contributed by atoms with Crippen LogP contribution in [0.4, 0.5) is 14.5 Å². The molecule has 1 heterocycles. The summed E-state index contributed by atoms with van der Waals surface area (Å²) in [5.74, 6) is -1.64. The molecule has 4 rings (SSSR count). The van der Waals surface area contributed by atoms with Crippen LogP contribution < -0.4 is 10.8 Å². The summed E-state index contributed by atoms with van der Waals surface area (Å²) in [6, 6.07) is 5.91. The molecule has 1 N–H and O–H groups in total. The molecule has 0 saturated carbocycles. The third kappa shape index (κ3) is 3.86. The van der Waals surface area contributed by atoms with Gasteiger partial charge in [0.05, 0.1) is 16.8 Å². The molecule has 4 nitrogen and oxygen atoms in total. The SMILES string of the molecule is Cc1c(NC(=O)c2ccc3c(c2F)CC(C)(C)C3)cc(F)cc1B1OC(C)(C)C(C)(C)O1. The van der Waals surface area contributed by atoms with Crippen LogP contribution in [0.2, 0.25) is 0 Å². The molecular formula is C25H30BF2NO3. The van der Waals surface area contributed by atoms with E-state index in [1.54, 1.807) is 6.92 Å². The summed E-state index contributed by atoms with van der Waals surface area (Å²) in [7, 11) is -0.773. The number of carbonyl (C=O) groups excluding carboxylic acids is 1. The standard InChI is InChI=1S/C25H30BF2NO3/c1-14-19(26-31-24(4,5)25(6,7)32-26)10-16(27)11-20(14)29-22(30)17-9-8-15-12-23(2,3)13-18(15)21(17)28/h8-11H,12-13H2,1-7H3,(H,29,30). The average Bonchev–Trinajstić information content (AvgIpc) is 3.09. The van der Waals surface area contributed by atoms with Gasteiger partial charge >= 0.3 is 7.12 Å². The van der Waals surface area contributed by atoms with E-state index in [1.807, 2.05) is 33.8 Å². The zero-order valence-corrected chi connectivity index (χ0v) is 19.8. The molecule has 32 heavy (non-hydrogen) atoms. The fourth-order valence-corrected chi connectivity index (χ4v) is 4.48. The summed E-state index contributed by atoms with van der Waals surface area (Å²) in [6.07, 6.45) is 1.36. The van der Waals surface area contributed by atoms with Crippen molar-refractivity contribution in [3.05, 3.63) is 58.2 Å². The van der Waals surface area contributed by atoms with Gasteiger partial charge in [0.25, 0.3) is 5.91 Å². The van der Waals surface area contributed by atoms with E-state index in [-0.39, 0.29) is 16.7 Å². The van der Waals surface area contributed by atoms with Gasteiger partial charge < -0.3 is 14.6 Å². The quantitative estimate of drug-likeness (QED) is 0.686. The molecule has 1 saturated heterocycles. The Morgan fingerprint density at radius 1 is 1.00 bits per heavy atom. The Labute approximate surface area is 188 Å². The van der Waals surface area contributed by atoms with Gasteiger partial charge in [0.1, 0.15) is 11.6 Å². The highest BCUT2D eigenvalue weighted by Crippen LogP contribution is 2.39. The molecule has 0 bridgehead atoms. The predicted molar refractivity (Wildman–Crippen MR) is 122 cm³/mol. The van der Waals surface area contributed by atoms with Gasteiger partial charge in [0.2, 0.25) is 0 Å². The number of nitrogens with one attached hydrogen (secondary N) is 1. The number of halogens is 2. The minimum absolute atomic E-state index is 0.0326. The molecule has 2 aliphatic rings. The van der Waals surface area contributed by atoms with Crippen molar-refractivity contribution in [1.82, 2.24) is 0 Å². The smallest absolute Gasteiger partial charge is 0.399 e. The summed E-state index contributed by atoms with van der Waals surface area (Å²) < 4.78 is 41.8. The second-order valence-corrected chi connectivity index (χ2v) is 10.8. The van der Waals surface area contributed by atoms with Crippen molar-refractivity contribution in [2.45, 2.75) is 72.5 Å². The fraction of sp³-hybridized carbons (Fsp3) is 0.480. The van der Waals surface area contributed by atoms with Crippen molar-refractivity contribution in [3.63, 3.8) is 0 Å². The van der Waals surface area contributed by atoms with Crippen LogP contribution in [0.25, 0.3) is 0 Å². The van der Waals surface area contributed by atoms with E-state index >= 15 is 4.39 Å². The van der Waals surface area contributed by atoms with Crippen LogP contribution in [0.5, 0.6) is 0 Å². The van der Waals surface area contributed by atoms with Crippen molar-refractivity contribution >= 4 is 24.2 Å². The van der Waals surface area contributed by atoms with Crippen molar-refractivity contribution in [1.29, 1.82) is 0 Å². The molecule has 170 valence electrons. The Bertz CT molecular complexity index is 1090. The van der Waals surface area contributed by atoms with E-state index in [1.165, 1.54) is 18.2 Å². The summed E-state index contributed by atoms with van der Waals surface area (Å²) in [4.78, 5) is 13.0. The average molecular weight is 441 g/mol. The van der Waals surface area contributed by atoms with Gasteiger partial charge in [-0.15, -0.1) is 0 Å². The van der Waals surface area contributed by atoms with Crippen LogP contribution in [0.3, 0.4) is 0 Å². The van der Waals surface area contributed by atoms with Crippen molar-refractivity contribution < 1.29 is 22.9 Å². The summed E-state index contributed by atoms with van der Waals surface area (Å²) in [6.45, 7) is 13.6. The van der Waals surface area contributed by atoms with E-state index in [4.69, 9.17) is 9.31 Å². The summed E-state index contributed by atoms with van der Waals surface area (Å²) >= 11 is 0. The number of rotatable bonds is 3. The van der Waals surface area contributed by atoms with Crippen LogP contribution in [-0.4, -0.2) is 24.2 Å². The first kappa shape index (κ1) is 22.9. The Balaban J connectivity index is 1.64. The van der Waals surface area contributed by atoms with E-state index in [0.717, 1.165) is 12.0 Å². The highest BCUT2D eigenvalue weighted by molar-refractivity contribution is 6.62. The van der Waals surface area contributed by atoms with Crippen LogP contribution in [-0.2, 0) is 22.2 Å². The molecule has 7 heteroatoms. The molecule has 2 aromatic carbocycles. The van der Waals surface area contributed by atoms with Gasteiger partial charge in [-0.25, -0.2) is 8.78 Å². The molecule has 0 spiro atoms. The highest BCUT2D eigenvalue weighted by atomic mass is 19.1. The van der Waals surface area contributed by atoms with Crippen LogP contribution in [0.15, 0.2) is 24.3 Å². The Kier molecular flexibility index (Phi) is 5.29. The normalized spacial score (nSPS) is 20.3. The molecule has 1 aliphatic carbocycles. The lowest BCUT2D eigenvalue weighted by Gasteiger charge is -2.32. The van der Waals surface area contributed by atoms with Crippen LogP contribution in [0, 0.1) is 24.0 Å². The lowest BCUT2D eigenvalue weighted by atomic mass is 9.75. The Morgan fingerprint density at radius 3 is 2.25 bits per heavy atom. The van der Waals surface area contributed by atoms with E-state index in [2.05, 4.69) is 19.2 Å². The first-order chi connectivity index (χ1) is 14.7. The van der Waals surface area contributed by atoms with Crippen molar-refractivity contribution in [2.24, 2.45) is 5.41 Å². The molecular weight excluding hydrogens is 411 g/mol. The maximum atomic E-state index is 15.2. The zero-order valence-electron chi connectivity index (χ0n) is 19.8.